The van der Waals surface area contributed by atoms with Gasteiger partial charge in [-0.05, 0) is 24.6 Å². The second kappa shape index (κ2) is 4.05. The molecule has 0 aliphatic rings. The molecule has 74 valence electrons. The molecule has 3 nitrogen and oxygen atoms in total. The van der Waals surface area contributed by atoms with Gasteiger partial charge in [0, 0.05) is 12.0 Å². The molecule has 0 radical (unpaired) electrons. The van der Waals surface area contributed by atoms with Crippen molar-refractivity contribution in [3.05, 3.63) is 34.9 Å². The molecule has 1 aromatic rings. The van der Waals surface area contributed by atoms with Crippen molar-refractivity contribution in [2.45, 2.75) is 20.3 Å². The van der Waals surface area contributed by atoms with E-state index in [0.29, 0.717) is 12.0 Å². The van der Waals surface area contributed by atoms with Gasteiger partial charge in [0.05, 0.1) is 5.56 Å². The second-order valence-corrected chi connectivity index (χ2v) is 3.11. The average molecular weight is 192 g/mol. The summed E-state index contributed by atoms with van der Waals surface area (Å²) in [6.45, 7) is 3.56. The maximum absolute atomic E-state index is 11.4. The Bertz CT molecular complexity index is 380. The third-order valence-electron chi connectivity index (χ3n) is 2.11. The first-order valence-electron chi connectivity index (χ1n) is 4.43. The van der Waals surface area contributed by atoms with E-state index in [9.17, 15) is 9.59 Å². The summed E-state index contributed by atoms with van der Waals surface area (Å²) in [5.41, 5.74) is 1.49. The van der Waals surface area contributed by atoms with Gasteiger partial charge in [-0.1, -0.05) is 13.0 Å². The first kappa shape index (κ1) is 10.4. The van der Waals surface area contributed by atoms with Gasteiger partial charge in [0.2, 0.25) is 0 Å². The lowest BCUT2D eigenvalue weighted by molar-refractivity contribution is 0.0697. The summed E-state index contributed by atoms with van der Waals surface area (Å²) in [7, 11) is 0. The summed E-state index contributed by atoms with van der Waals surface area (Å²) in [5.74, 6) is -1.03. The van der Waals surface area contributed by atoms with E-state index in [1.807, 2.05) is 0 Å². The normalized spacial score (nSPS) is 9.86. The molecule has 0 fully saturated rings. The minimum absolute atomic E-state index is 0.0226. The van der Waals surface area contributed by atoms with Crippen molar-refractivity contribution < 1.29 is 14.7 Å². The highest BCUT2D eigenvalue weighted by Crippen LogP contribution is 2.13. The van der Waals surface area contributed by atoms with Crippen molar-refractivity contribution in [2.24, 2.45) is 0 Å². The highest BCUT2D eigenvalue weighted by atomic mass is 16.4. The number of carboxylic acid groups (broad SMARTS) is 1. The highest BCUT2D eigenvalue weighted by molar-refractivity contribution is 5.99. The Balaban J connectivity index is 3.21. The fourth-order valence-corrected chi connectivity index (χ4v) is 1.25. The third-order valence-corrected chi connectivity index (χ3v) is 2.11. The molecule has 0 saturated carbocycles. The van der Waals surface area contributed by atoms with E-state index in [2.05, 4.69) is 0 Å². The molecule has 3 heteroatoms. The maximum atomic E-state index is 11.4. The second-order valence-electron chi connectivity index (χ2n) is 3.11. The van der Waals surface area contributed by atoms with Crippen LogP contribution >= 0.6 is 0 Å². The van der Waals surface area contributed by atoms with E-state index in [4.69, 9.17) is 5.11 Å². The molecule has 14 heavy (non-hydrogen) atoms. The molecule has 0 spiro atoms. The molecule has 0 unspecified atom stereocenters. The Morgan fingerprint density at radius 1 is 1.36 bits per heavy atom. The van der Waals surface area contributed by atoms with Crippen LogP contribution in [-0.2, 0) is 0 Å². The van der Waals surface area contributed by atoms with Crippen LogP contribution in [0, 0.1) is 6.92 Å². The average Bonchev–Trinajstić information content (AvgIpc) is 2.17. The van der Waals surface area contributed by atoms with Gasteiger partial charge in [-0.15, -0.1) is 0 Å². The van der Waals surface area contributed by atoms with Gasteiger partial charge in [-0.2, -0.15) is 0 Å². The summed E-state index contributed by atoms with van der Waals surface area (Å²) in [4.78, 5) is 22.1. The number of rotatable bonds is 3. The molecule has 0 atom stereocenters. The Kier molecular flexibility index (Phi) is 3.02. The zero-order chi connectivity index (χ0) is 10.7. The number of carboxylic acids is 1. The maximum Gasteiger partial charge on any atom is 0.335 e. The molecule has 0 aromatic heterocycles. The molecular weight excluding hydrogens is 180 g/mol. The van der Waals surface area contributed by atoms with Gasteiger partial charge in [-0.3, -0.25) is 4.79 Å². The smallest absolute Gasteiger partial charge is 0.335 e. The number of carbonyl (C=O) groups excluding carboxylic acids is 1. The monoisotopic (exact) mass is 192 g/mol. The summed E-state index contributed by atoms with van der Waals surface area (Å²) < 4.78 is 0. The quantitative estimate of drug-likeness (QED) is 0.747. The van der Waals surface area contributed by atoms with Gasteiger partial charge < -0.3 is 5.11 Å². The van der Waals surface area contributed by atoms with Crippen molar-refractivity contribution in [1.29, 1.82) is 0 Å². The lowest BCUT2D eigenvalue weighted by Gasteiger charge is -2.04. The molecule has 1 N–H and O–H groups in total. The van der Waals surface area contributed by atoms with Gasteiger partial charge in [0.15, 0.2) is 5.78 Å². The minimum Gasteiger partial charge on any atom is -0.478 e. The number of ketones is 1. The zero-order valence-corrected chi connectivity index (χ0v) is 8.20. The van der Waals surface area contributed by atoms with Crippen LogP contribution in [0.5, 0.6) is 0 Å². The van der Waals surface area contributed by atoms with Gasteiger partial charge in [0.1, 0.15) is 0 Å². The Morgan fingerprint density at radius 2 is 2.00 bits per heavy atom. The first-order chi connectivity index (χ1) is 6.56. The zero-order valence-electron chi connectivity index (χ0n) is 8.20. The van der Waals surface area contributed by atoms with Gasteiger partial charge in [0.25, 0.3) is 0 Å². The molecule has 0 aliphatic heterocycles. The van der Waals surface area contributed by atoms with E-state index < -0.39 is 5.97 Å². The van der Waals surface area contributed by atoms with Gasteiger partial charge >= 0.3 is 5.97 Å². The fraction of sp³-hybridized carbons (Fsp3) is 0.273. The molecule has 1 rings (SSSR count). The van der Waals surface area contributed by atoms with E-state index >= 15 is 0 Å². The van der Waals surface area contributed by atoms with Crippen molar-refractivity contribution in [3.63, 3.8) is 0 Å². The van der Waals surface area contributed by atoms with Crippen LogP contribution in [0.4, 0.5) is 0 Å². The number of hydrogen-bond acceptors (Lipinski definition) is 2. The Hall–Kier alpha value is -1.64. The fourth-order valence-electron chi connectivity index (χ4n) is 1.25. The number of aryl methyl sites for hydroxylation is 1. The molecule has 0 heterocycles. The number of aromatic carboxylic acids is 1. The molecule has 1 aromatic carbocycles. The number of carbonyl (C=O) groups is 2. The predicted octanol–water partition coefficient (Wildman–Crippen LogP) is 2.29. The van der Waals surface area contributed by atoms with Gasteiger partial charge in [-0.25, -0.2) is 4.79 Å². The first-order valence-corrected chi connectivity index (χ1v) is 4.43. The van der Waals surface area contributed by atoms with Crippen molar-refractivity contribution in [3.8, 4) is 0 Å². The number of hydrogen-bond donors (Lipinski definition) is 1. The van der Waals surface area contributed by atoms with Crippen LogP contribution in [-0.4, -0.2) is 16.9 Å². The van der Waals surface area contributed by atoms with Crippen molar-refractivity contribution >= 4 is 11.8 Å². The summed E-state index contributed by atoms with van der Waals surface area (Å²) in [6.07, 6.45) is 0.393. The van der Waals surface area contributed by atoms with Crippen LogP contribution in [0.2, 0.25) is 0 Å². The SMILES string of the molecule is CCC(=O)c1cc(C(=O)O)ccc1C. The lowest BCUT2D eigenvalue weighted by Crippen LogP contribution is -2.04. The minimum atomic E-state index is -1.00. The Morgan fingerprint density at radius 3 is 2.50 bits per heavy atom. The Labute approximate surface area is 82.4 Å². The molecular formula is C11H12O3. The third kappa shape index (κ3) is 1.99. The topological polar surface area (TPSA) is 54.4 Å². The van der Waals surface area contributed by atoms with Crippen LogP contribution in [0.25, 0.3) is 0 Å². The number of benzene rings is 1. The highest BCUT2D eigenvalue weighted by Gasteiger charge is 2.10. The standard InChI is InChI=1S/C11H12O3/c1-3-10(12)9-6-8(11(13)14)5-4-7(9)2/h4-6H,3H2,1-2H3,(H,13,14). The van der Waals surface area contributed by atoms with E-state index in [1.54, 1.807) is 19.9 Å². The van der Waals surface area contributed by atoms with Crippen LogP contribution in [0.15, 0.2) is 18.2 Å². The van der Waals surface area contributed by atoms with Crippen LogP contribution in [0.3, 0.4) is 0 Å². The van der Waals surface area contributed by atoms with E-state index in [0.717, 1.165) is 5.56 Å². The lowest BCUT2D eigenvalue weighted by atomic mass is 10.0. The molecule has 0 bridgehead atoms. The molecule has 0 amide bonds. The summed E-state index contributed by atoms with van der Waals surface area (Å²) >= 11 is 0. The van der Waals surface area contributed by atoms with Crippen LogP contribution in [0.1, 0.15) is 39.6 Å². The van der Waals surface area contributed by atoms with Crippen molar-refractivity contribution in [1.82, 2.24) is 0 Å². The number of Topliss-reactive ketones (excluding diaryl/α,β-unsaturated/α-hetero) is 1. The molecule has 0 aliphatic carbocycles. The van der Waals surface area contributed by atoms with Crippen LogP contribution < -0.4 is 0 Å². The predicted molar refractivity (Wildman–Crippen MR) is 52.8 cm³/mol. The summed E-state index contributed by atoms with van der Waals surface area (Å²) in [6, 6.07) is 4.60. The molecule has 0 saturated heterocycles. The van der Waals surface area contributed by atoms with E-state index in [-0.39, 0.29) is 11.3 Å². The van der Waals surface area contributed by atoms with E-state index in [1.165, 1.54) is 12.1 Å². The summed E-state index contributed by atoms with van der Waals surface area (Å²) in [5, 5.41) is 8.74. The van der Waals surface area contributed by atoms with Crippen molar-refractivity contribution in [2.75, 3.05) is 0 Å². The largest absolute Gasteiger partial charge is 0.478 e.